The second-order valence-electron chi connectivity index (χ2n) is 6.38. The standard InChI is InChI=1S/C19H26O11/c1-9(2)16(25)18(29-13(6)23)19(30-14(7)24)17(28-12(5)22)15(27-11(4)21)8-26-10(3)20/h9,15,17H,8H2,1-7H3/b19-18+. The predicted octanol–water partition coefficient (Wildman–Crippen LogP) is 0.976. The summed E-state index contributed by atoms with van der Waals surface area (Å²) in [6.45, 7) is 7.48. The molecule has 0 spiro atoms. The van der Waals surface area contributed by atoms with Gasteiger partial charge in [0.1, 0.15) is 6.61 Å². The van der Waals surface area contributed by atoms with Crippen molar-refractivity contribution in [2.45, 2.75) is 60.7 Å². The highest BCUT2D eigenvalue weighted by molar-refractivity contribution is 5.97. The zero-order valence-electron chi connectivity index (χ0n) is 17.9. The number of carbonyl (C=O) groups is 6. The van der Waals surface area contributed by atoms with E-state index in [2.05, 4.69) is 0 Å². The molecule has 11 nitrogen and oxygen atoms in total. The third kappa shape index (κ3) is 9.80. The molecule has 0 bridgehead atoms. The molecule has 2 unspecified atom stereocenters. The van der Waals surface area contributed by atoms with Crippen molar-refractivity contribution in [1.82, 2.24) is 0 Å². The topological polar surface area (TPSA) is 149 Å². The highest BCUT2D eigenvalue weighted by Gasteiger charge is 2.39. The van der Waals surface area contributed by atoms with E-state index in [1.165, 1.54) is 13.8 Å². The Hall–Kier alpha value is -3.24. The Morgan fingerprint density at radius 3 is 1.53 bits per heavy atom. The van der Waals surface area contributed by atoms with Crippen molar-refractivity contribution in [2.24, 2.45) is 5.92 Å². The molecule has 0 N–H and O–H groups in total. The molecule has 0 fully saturated rings. The lowest BCUT2D eigenvalue weighted by Gasteiger charge is -2.28. The molecule has 0 saturated carbocycles. The molecular formula is C19H26O11. The molecule has 2 atom stereocenters. The van der Waals surface area contributed by atoms with Crippen molar-refractivity contribution in [1.29, 1.82) is 0 Å². The van der Waals surface area contributed by atoms with Gasteiger partial charge in [0.15, 0.2) is 11.9 Å². The predicted molar refractivity (Wildman–Crippen MR) is 98.1 cm³/mol. The molecule has 0 aromatic heterocycles. The van der Waals surface area contributed by atoms with Crippen LogP contribution in [0.15, 0.2) is 11.5 Å². The zero-order valence-corrected chi connectivity index (χ0v) is 17.9. The second kappa shape index (κ2) is 12.3. The number of ketones is 1. The van der Waals surface area contributed by atoms with Crippen molar-refractivity contribution >= 4 is 35.6 Å². The summed E-state index contributed by atoms with van der Waals surface area (Å²) in [5.74, 6) is -7.24. The largest absolute Gasteiger partial charge is 0.462 e. The maximum absolute atomic E-state index is 12.6. The number of rotatable bonds is 10. The second-order valence-corrected chi connectivity index (χ2v) is 6.38. The summed E-state index contributed by atoms with van der Waals surface area (Å²) in [5.41, 5.74) is 0. The fraction of sp³-hybridized carbons (Fsp3) is 0.579. The number of esters is 5. The number of hydrogen-bond acceptors (Lipinski definition) is 11. The molecule has 0 saturated heterocycles. The first-order valence-corrected chi connectivity index (χ1v) is 8.89. The number of ether oxygens (including phenoxy) is 5. The van der Waals surface area contributed by atoms with Gasteiger partial charge < -0.3 is 23.7 Å². The minimum Gasteiger partial charge on any atom is -0.462 e. The van der Waals surface area contributed by atoms with Crippen LogP contribution < -0.4 is 0 Å². The molecule has 0 aromatic rings. The van der Waals surface area contributed by atoms with Crippen LogP contribution in [0.25, 0.3) is 0 Å². The van der Waals surface area contributed by atoms with Crippen LogP contribution in [0.1, 0.15) is 48.5 Å². The van der Waals surface area contributed by atoms with Gasteiger partial charge in [0.05, 0.1) is 0 Å². The van der Waals surface area contributed by atoms with E-state index in [-0.39, 0.29) is 0 Å². The Labute approximate surface area is 173 Å². The van der Waals surface area contributed by atoms with Crippen molar-refractivity contribution in [2.75, 3.05) is 6.61 Å². The van der Waals surface area contributed by atoms with E-state index >= 15 is 0 Å². The Balaban J connectivity index is 6.76. The molecule has 0 rings (SSSR count). The Morgan fingerprint density at radius 2 is 1.17 bits per heavy atom. The summed E-state index contributed by atoms with van der Waals surface area (Å²) in [4.78, 5) is 70.4. The molecule has 30 heavy (non-hydrogen) atoms. The highest BCUT2D eigenvalue weighted by Crippen LogP contribution is 2.24. The lowest BCUT2D eigenvalue weighted by molar-refractivity contribution is -0.174. The van der Waals surface area contributed by atoms with Crippen LogP contribution in [0.3, 0.4) is 0 Å². The van der Waals surface area contributed by atoms with Gasteiger partial charge in [-0.1, -0.05) is 13.8 Å². The van der Waals surface area contributed by atoms with Crippen molar-refractivity contribution in [3.63, 3.8) is 0 Å². The van der Waals surface area contributed by atoms with Crippen LogP contribution in [-0.2, 0) is 52.5 Å². The van der Waals surface area contributed by atoms with E-state index in [0.29, 0.717) is 0 Å². The van der Waals surface area contributed by atoms with Crippen molar-refractivity contribution < 1.29 is 52.5 Å². The molecule has 0 aromatic carbocycles. The quantitative estimate of drug-likeness (QED) is 0.211. The Bertz CT molecular complexity index is 733. The average molecular weight is 430 g/mol. The average Bonchev–Trinajstić information content (AvgIpc) is 2.58. The first-order valence-electron chi connectivity index (χ1n) is 8.89. The highest BCUT2D eigenvalue weighted by atomic mass is 16.6. The third-order valence-corrected chi connectivity index (χ3v) is 3.13. The van der Waals surface area contributed by atoms with Crippen LogP contribution in [0.2, 0.25) is 0 Å². The first-order chi connectivity index (χ1) is 13.8. The van der Waals surface area contributed by atoms with Gasteiger partial charge in [0.25, 0.3) is 0 Å². The van der Waals surface area contributed by atoms with E-state index in [9.17, 15) is 28.8 Å². The molecule has 0 aliphatic carbocycles. The molecule has 0 radical (unpaired) electrons. The van der Waals surface area contributed by atoms with Gasteiger partial charge in [-0.3, -0.25) is 28.8 Å². The summed E-state index contributed by atoms with van der Waals surface area (Å²) < 4.78 is 25.0. The summed E-state index contributed by atoms with van der Waals surface area (Å²) >= 11 is 0. The summed E-state index contributed by atoms with van der Waals surface area (Å²) in [6, 6.07) is 0. The minimum atomic E-state index is -1.74. The van der Waals surface area contributed by atoms with Crippen LogP contribution in [-0.4, -0.2) is 54.4 Å². The Kier molecular flexibility index (Phi) is 11.0. The van der Waals surface area contributed by atoms with E-state index in [0.717, 1.165) is 34.6 Å². The van der Waals surface area contributed by atoms with Gasteiger partial charge in [-0.15, -0.1) is 0 Å². The lowest BCUT2D eigenvalue weighted by Crippen LogP contribution is -2.42. The third-order valence-electron chi connectivity index (χ3n) is 3.13. The van der Waals surface area contributed by atoms with Crippen LogP contribution in [0.4, 0.5) is 0 Å². The fourth-order valence-corrected chi connectivity index (χ4v) is 2.09. The van der Waals surface area contributed by atoms with E-state index in [1.807, 2.05) is 0 Å². The Morgan fingerprint density at radius 1 is 0.667 bits per heavy atom. The maximum Gasteiger partial charge on any atom is 0.308 e. The monoisotopic (exact) mass is 430 g/mol. The molecule has 0 aliphatic heterocycles. The molecule has 0 amide bonds. The van der Waals surface area contributed by atoms with Crippen LogP contribution in [0, 0.1) is 5.92 Å². The fourth-order valence-electron chi connectivity index (χ4n) is 2.09. The van der Waals surface area contributed by atoms with Gasteiger partial charge in [-0.25, -0.2) is 0 Å². The van der Waals surface area contributed by atoms with Gasteiger partial charge in [0, 0.05) is 40.5 Å². The van der Waals surface area contributed by atoms with Gasteiger partial charge >= 0.3 is 29.8 Å². The molecule has 11 heteroatoms. The molecule has 168 valence electrons. The van der Waals surface area contributed by atoms with Crippen LogP contribution in [0.5, 0.6) is 0 Å². The van der Waals surface area contributed by atoms with Crippen molar-refractivity contribution in [3.05, 3.63) is 11.5 Å². The van der Waals surface area contributed by atoms with E-state index < -0.39 is 71.9 Å². The molecular weight excluding hydrogens is 404 g/mol. The zero-order chi connectivity index (χ0) is 23.6. The van der Waals surface area contributed by atoms with Gasteiger partial charge in [0.2, 0.25) is 17.6 Å². The number of carbonyl (C=O) groups excluding carboxylic acids is 6. The van der Waals surface area contributed by atoms with Crippen LogP contribution >= 0.6 is 0 Å². The summed E-state index contributed by atoms with van der Waals surface area (Å²) in [5, 5.41) is 0. The summed E-state index contributed by atoms with van der Waals surface area (Å²) in [6.07, 6.45) is -3.26. The first kappa shape index (κ1) is 26.8. The maximum atomic E-state index is 12.6. The molecule has 0 heterocycles. The SMILES string of the molecule is CC(=O)OCC(OC(C)=O)C(OC(C)=O)/C(OC(C)=O)=C(\OC(C)=O)C(=O)C(C)C. The van der Waals surface area contributed by atoms with Gasteiger partial charge in [-0.05, 0) is 0 Å². The van der Waals surface area contributed by atoms with Crippen molar-refractivity contribution in [3.8, 4) is 0 Å². The van der Waals surface area contributed by atoms with Gasteiger partial charge in [-0.2, -0.15) is 0 Å². The number of allylic oxidation sites excluding steroid dienone is 1. The van der Waals surface area contributed by atoms with E-state index in [1.54, 1.807) is 0 Å². The number of hydrogen-bond donors (Lipinski definition) is 0. The smallest absolute Gasteiger partial charge is 0.308 e. The molecule has 0 aliphatic rings. The minimum absolute atomic E-state index is 0.610. The van der Waals surface area contributed by atoms with E-state index in [4.69, 9.17) is 23.7 Å². The summed E-state index contributed by atoms with van der Waals surface area (Å²) in [7, 11) is 0. The lowest BCUT2D eigenvalue weighted by atomic mass is 10.0. The normalized spacial score (nSPS) is 13.3. The number of Topliss-reactive ketones (excluding diaryl/α,β-unsaturated/α-hetero) is 1.